The van der Waals surface area contributed by atoms with E-state index in [1.165, 1.54) is 252 Å². The van der Waals surface area contributed by atoms with Crippen LogP contribution in [0.3, 0.4) is 0 Å². The van der Waals surface area contributed by atoms with Crippen LogP contribution in [0.4, 0.5) is 0 Å². The Kier molecular flexibility index (Phi) is 34.0. The van der Waals surface area contributed by atoms with Crippen LogP contribution in [0, 0.1) is 47.3 Å². The number of unbranched alkanes of at least 4 members (excludes halogenated alkanes) is 10. The zero-order chi connectivity index (χ0) is 80.5. The number of nitrogens with zero attached hydrogens (tertiary/aromatic N) is 2. The molecular formula is C97H138B2Br2N2O6S5. The molecule has 0 amide bonds. The first-order valence-corrected chi connectivity index (χ1v) is 51.0. The van der Waals surface area contributed by atoms with Crippen LogP contribution in [0.5, 0.6) is 11.5 Å². The molecule has 5 aromatic heterocycles. The maximum atomic E-state index is 7.50. The Morgan fingerprint density at radius 3 is 1.03 bits per heavy atom. The zero-order valence-corrected chi connectivity index (χ0v) is 79.5. The van der Waals surface area contributed by atoms with Crippen LogP contribution >= 0.6 is 88.9 Å². The van der Waals surface area contributed by atoms with Crippen LogP contribution in [0.1, 0.15) is 337 Å². The second kappa shape index (κ2) is 43.0. The average Bonchev–Trinajstić information content (AvgIpc) is 1.56. The molecule has 5 aliphatic rings. The second-order valence-electron chi connectivity index (χ2n) is 37.3. The molecule has 8 aromatic rings. The van der Waals surface area contributed by atoms with Gasteiger partial charge >= 0.3 is 14.2 Å². The van der Waals surface area contributed by atoms with E-state index in [0.717, 1.165) is 116 Å². The number of rotatable bonds is 46. The molecule has 3 aromatic carbocycles. The van der Waals surface area contributed by atoms with Gasteiger partial charge in [-0.05, 0) is 189 Å². The molecule has 17 heteroatoms. The van der Waals surface area contributed by atoms with Gasteiger partial charge in [0.1, 0.15) is 33.7 Å². The van der Waals surface area contributed by atoms with E-state index in [-0.39, 0.29) is 30.9 Å². The van der Waals surface area contributed by atoms with Gasteiger partial charge in [0, 0.05) is 49.6 Å². The molecule has 0 bridgehead atoms. The van der Waals surface area contributed by atoms with Crippen LogP contribution in [0.25, 0.3) is 62.6 Å². The number of hydrogen-bond acceptors (Lipinski definition) is 13. The fraction of sp³-hybridized carbons (Fsp3) is 0.649. The van der Waals surface area contributed by atoms with E-state index >= 15 is 0 Å². The Labute approximate surface area is 727 Å². The zero-order valence-electron chi connectivity index (χ0n) is 72.2. The minimum Gasteiger partial charge on any atom is -0.481 e. The number of benzene rings is 3. The molecule has 13 rings (SSSR count). The Morgan fingerprint density at radius 2 is 0.684 bits per heavy atom. The largest absolute Gasteiger partial charge is 0.494 e. The van der Waals surface area contributed by atoms with Crippen molar-refractivity contribution in [3.8, 4) is 63.0 Å². The third-order valence-electron chi connectivity index (χ3n) is 25.9. The highest BCUT2D eigenvalue weighted by Crippen LogP contribution is 2.62. The predicted octanol–water partition coefficient (Wildman–Crippen LogP) is 31.2. The molecule has 2 fully saturated rings. The summed E-state index contributed by atoms with van der Waals surface area (Å²) in [5, 5.41) is 0. The maximum absolute atomic E-state index is 7.50. The lowest BCUT2D eigenvalue weighted by molar-refractivity contribution is 0.0322. The molecule has 4 unspecified atom stereocenters. The molecule has 8 nitrogen and oxygen atoms in total. The fourth-order valence-corrected chi connectivity index (χ4v) is 25.4. The summed E-state index contributed by atoms with van der Waals surface area (Å²) >= 11 is 16.7. The molecule has 2 saturated heterocycles. The summed E-state index contributed by atoms with van der Waals surface area (Å²) in [6.07, 6.45) is 42.5. The third-order valence-corrected chi connectivity index (χ3v) is 32.4. The summed E-state index contributed by atoms with van der Waals surface area (Å²) in [7, 11) is -0.480. The SMILES string of the molecule is CC(C)CCCC(C)CCC1(CCC(C)CCCC(C)C)Oc2cc(Br)sc2-c2sc(-c3ccc(-c4cc5c(s4)-c4sc(Br)cc4OC5(CCC(C)CCCC(C)C)CCC(C)CCCC(C)C)c4nsnc34)cc21.CCCCCCCCC1(CCCCCCCC)c2cc(B3OCCO3)ccc2-c2ccc(B3OCCO3)cc21. The minimum atomic E-state index is -0.381. The van der Waals surface area contributed by atoms with E-state index < -0.39 is 0 Å². The molecular weight excluding hydrogens is 1630 g/mol. The number of fused-ring (bicyclic) bond motifs is 10. The molecule has 4 atom stereocenters. The number of ether oxygens (including phenoxy) is 2. The Balaban J connectivity index is 0.000000257. The van der Waals surface area contributed by atoms with Crippen molar-refractivity contribution in [2.45, 2.75) is 332 Å². The van der Waals surface area contributed by atoms with Crippen LogP contribution in [-0.4, -0.2) is 49.4 Å². The number of halogens is 2. The first-order valence-electron chi connectivity index (χ1n) is 45.4. The van der Waals surface area contributed by atoms with Crippen molar-refractivity contribution >= 4 is 125 Å². The van der Waals surface area contributed by atoms with Crippen molar-refractivity contribution in [3.63, 3.8) is 0 Å². The van der Waals surface area contributed by atoms with Crippen LogP contribution in [0.2, 0.25) is 0 Å². The van der Waals surface area contributed by atoms with Gasteiger partial charge in [-0.2, -0.15) is 8.75 Å². The van der Waals surface area contributed by atoms with Gasteiger partial charge in [-0.3, -0.25) is 0 Å². The lowest BCUT2D eigenvalue weighted by Gasteiger charge is -2.39. The predicted molar refractivity (Wildman–Crippen MR) is 502 cm³/mol. The molecule has 0 saturated carbocycles. The Morgan fingerprint density at radius 1 is 0.351 bits per heavy atom. The van der Waals surface area contributed by atoms with Gasteiger partial charge in [-0.15, -0.1) is 45.3 Å². The van der Waals surface area contributed by atoms with Crippen LogP contribution in [0.15, 0.2) is 80.4 Å². The lowest BCUT2D eigenvalue weighted by atomic mass is 9.67. The third kappa shape index (κ3) is 22.7. The van der Waals surface area contributed by atoms with E-state index in [0.29, 0.717) is 50.1 Å². The van der Waals surface area contributed by atoms with E-state index in [9.17, 15) is 0 Å². The van der Waals surface area contributed by atoms with Gasteiger partial charge in [0.25, 0.3) is 0 Å². The first-order chi connectivity index (χ1) is 55.1. The van der Waals surface area contributed by atoms with Gasteiger partial charge in [0.15, 0.2) is 0 Å². The van der Waals surface area contributed by atoms with Crippen molar-refractivity contribution in [1.29, 1.82) is 0 Å². The average molecular weight is 1770 g/mol. The Hall–Kier alpha value is -3.19. The summed E-state index contributed by atoms with van der Waals surface area (Å²) in [5.41, 5.74) is 14.5. The van der Waals surface area contributed by atoms with Crippen molar-refractivity contribution in [3.05, 3.63) is 103 Å². The quantitative estimate of drug-likeness (QED) is 0.0276. The number of aromatic nitrogens is 2. The molecule has 1 aliphatic carbocycles. The number of hydrogen-bond donors (Lipinski definition) is 0. The highest BCUT2D eigenvalue weighted by Gasteiger charge is 2.48. The van der Waals surface area contributed by atoms with Crippen molar-refractivity contribution in [2.75, 3.05) is 26.4 Å². The Bertz CT molecular complexity index is 3980. The van der Waals surface area contributed by atoms with E-state index in [4.69, 9.17) is 36.8 Å². The van der Waals surface area contributed by atoms with Crippen molar-refractivity contribution in [1.82, 2.24) is 8.75 Å². The van der Waals surface area contributed by atoms with Gasteiger partial charge in [-0.25, -0.2) is 0 Å². The van der Waals surface area contributed by atoms with Crippen molar-refractivity contribution < 1.29 is 28.1 Å². The van der Waals surface area contributed by atoms with Crippen LogP contribution in [-0.2, 0) is 35.2 Å². The number of thiophene rings is 4. The highest BCUT2D eigenvalue weighted by molar-refractivity contribution is 9.11. The normalized spacial score (nSPS) is 18.5. The monoisotopic (exact) mass is 1770 g/mol. The molecule has 4 aliphatic heterocycles. The maximum Gasteiger partial charge on any atom is 0.494 e. The standard InChI is InChI=1S/C64H90Br2N2O2S5.C33H48B2O4/c1-39(2)17-13-21-43(9)27-31-63(32-28-44(10)22-14-18-40(3)4)49-35-53(71-59(49)61-51(69-63)37-55(65)73-61)47-25-26-48(58-57(47)67-75-68-58)54-36-50-60(72-54)62-52(38-56(66)74-62)70-64(50,33-29-45(11)23-15-19-41(5)6)34-30-46(12)24-16-20-42(7)8;1-3-5-7-9-11-13-19-33(20-14-12-10-8-6-4-2)31-25-27(34-36-21-22-37-34)15-17-29(31)30-18-16-28(26-32(30)33)35-38-23-24-39-35/h25-26,35-46H,13-24,27-34H2,1-12H3;15-18,25-26H,3-14,19-24H2,1-2H3. The van der Waals surface area contributed by atoms with E-state index in [1.54, 1.807) is 0 Å². The minimum absolute atomic E-state index is 0.0173. The molecule has 114 heavy (non-hydrogen) atoms. The van der Waals surface area contributed by atoms with Gasteiger partial charge in [-0.1, -0.05) is 300 Å². The van der Waals surface area contributed by atoms with Gasteiger partial charge < -0.3 is 28.1 Å². The van der Waals surface area contributed by atoms with E-state index in [2.05, 4.69) is 202 Å². The van der Waals surface area contributed by atoms with Crippen LogP contribution < -0.4 is 20.4 Å². The summed E-state index contributed by atoms with van der Waals surface area (Å²) < 4.78 is 51.4. The molecule has 0 radical (unpaired) electrons. The van der Waals surface area contributed by atoms with Gasteiger partial charge in [0.05, 0.1) is 65.2 Å². The summed E-state index contributed by atoms with van der Waals surface area (Å²) in [6.45, 7) is 36.1. The fourth-order valence-electron chi connectivity index (χ4n) is 19.0. The van der Waals surface area contributed by atoms with Crippen molar-refractivity contribution in [2.24, 2.45) is 47.3 Å². The lowest BCUT2D eigenvalue weighted by Crippen LogP contribution is -2.36. The van der Waals surface area contributed by atoms with Gasteiger partial charge in [0.2, 0.25) is 0 Å². The van der Waals surface area contributed by atoms with E-state index in [1.807, 2.05) is 45.3 Å². The topological polar surface area (TPSA) is 81.2 Å². The molecule has 622 valence electrons. The second-order valence-corrected chi connectivity index (χ2v) is 44.8. The first kappa shape index (κ1) is 90.1. The smallest absolute Gasteiger partial charge is 0.481 e. The molecule has 0 N–H and O–H groups in total. The summed E-state index contributed by atoms with van der Waals surface area (Å²) in [4.78, 5) is 7.80. The summed E-state index contributed by atoms with van der Waals surface area (Å²) in [6, 6.07) is 28.2. The highest BCUT2D eigenvalue weighted by atomic mass is 79.9. The molecule has 0 spiro atoms. The molecule has 9 heterocycles. The summed E-state index contributed by atoms with van der Waals surface area (Å²) in [5.74, 6) is 7.70.